The summed E-state index contributed by atoms with van der Waals surface area (Å²) in [5.41, 5.74) is 3.05. The van der Waals surface area contributed by atoms with E-state index in [2.05, 4.69) is 0 Å². The molecule has 41 heavy (non-hydrogen) atoms. The van der Waals surface area contributed by atoms with Gasteiger partial charge in [0.1, 0.15) is 0 Å². The summed E-state index contributed by atoms with van der Waals surface area (Å²) in [6.07, 6.45) is 0.717. The number of anilines is 2. The lowest BCUT2D eigenvalue weighted by molar-refractivity contribution is -0.150. The van der Waals surface area contributed by atoms with Crippen molar-refractivity contribution >= 4 is 29.1 Å². The highest BCUT2D eigenvalue weighted by molar-refractivity contribution is 6.08. The lowest BCUT2D eigenvalue weighted by Gasteiger charge is -2.32. The van der Waals surface area contributed by atoms with Gasteiger partial charge >= 0.3 is 0 Å². The summed E-state index contributed by atoms with van der Waals surface area (Å²) >= 11 is 0. The minimum Gasteiger partial charge on any atom is -0.395 e. The number of amides is 3. The predicted molar refractivity (Wildman–Crippen MR) is 155 cm³/mol. The molecule has 0 unspecified atom stereocenters. The second-order valence-corrected chi connectivity index (χ2v) is 11.2. The zero-order chi connectivity index (χ0) is 28.6. The molecule has 3 aromatic carbocycles. The smallest absolute Gasteiger partial charge is 0.264 e. The van der Waals surface area contributed by atoms with Crippen LogP contribution in [0.4, 0.5) is 11.4 Å². The molecule has 3 heterocycles. The molecule has 8 nitrogen and oxygen atoms in total. The molecule has 1 N–H and O–H groups in total. The van der Waals surface area contributed by atoms with Gasteiger partial charge in [0, 0.05) is 43.2 Å². The molecule has 6 rings (SSSR count). The van der Waals surface area contributed by atoms with Crippen molar-refractivity contribution in [3.8, 4) is 0 Å². The summed E-state index contributed by atoms with van der Waals surface area (Å²) < 4.78 is 6.69. The second-order valence-electron chi connectivity index (χ2n) is 11.2. The molecule has 3 atom stereocenters. The van der Waals surface area contributed by atoms with Crippen molar-refractivity contribution in [3.63, 3.8) is 0 Å². The molecule has 0 aliphatic carbocycles. The number of hydrogen-bond donors (Lipinski definition) is 1. The van der Waals surface area contributed by atoms with E-state index in [1.54, 1.807) is 14.7 Å². The molecule has 2 saturated heterocycles. The van der Waals surface area contributed by atoms with Crippen LogP contribution in [0.15, 0.2) is 78.9 Å². The highest BCUT2D eigenvalue weighted by atomic mass is 16.5. The third kappa shape index (κ3) is 4.91. The van der Waals surface area contributed by atoms with E-state index in [0.29, 0.717) is 32.5 Å². The van der Waals surface area contributed by atoms with Gasteiger partial charge in [-0.2, -0.15) is 0 Å². The Morgan fingerprint density at radius 3 is 2.37 bits per heavy atom. The van der Waals surface area contributed by atoms with Crippen molar-refractivity contribution in [2.45, 2.75) is 51.0 Å². The highest BCUT2D eigenvalue weighted by Gasteiger charge is 2.60. The molecule has 2 fully saturated rings. The van der Waals surface area contributed by atoms with Crippen LogP contribution >= 0.6 is 0 Å². The Morgan fingerprint density at radius 1 is 1.02 bits per heavy atom. The molecule has 8 heteroatoms. The van der Waals surface area contributed by atoms with Crippen molar-refractivity contribution in [2.24, 2.45) is 5.92 Å². The molecule has 0 aromatic heterocycles. The van der Waals surface area contributed by atoms with E-state index in [1.807, 2.05) is 85.8 Å². The third-order valence-corrected chi connectivity index (χ3v) is 8.58. The average molecular weight is 554 g/mol. The number of aliphatic hydroxyl groups excluding tert-OH is 1. The normalized spacial score (nSPS) is 23.2. The standard InChI is InChI=1S/C33H35N3O5/c1-23-18-27(20-31(39)34(16-17-37)21-24-8-4-2-5-9-24)41-33(23)28-19-26(35-15-14-30(35)38)12-13-29(28)36(32(33)40)22-25-10-6-3-7-11-25/h2-13,19,23,27,37H,14-18,20-22H2,1H3/t23-,27-,33+/m0/s1. The van der Waals surface area contributed by atoms with Crippen molar-refractivity contribution in [2.75, 3.05) is 29.5 Å². The van der Waals surface area contributed by atoms with Gasteiger partial charge in [0.05, 0.1) is 31.4 Å². The SMILES string of the molecule is C[C@H]1C[C@@H](CC(=O)N(CCO)Cc2ccccc2)O[C@]12C(=O)N(Cc1ccccc1)c1ccc(N3CCC3=O)cc12. The van der Waals surface area contributed by atoms with Crippen LogP contribution in [-0.2, 0) is 37.8 Å². The molecule has 212 valence electrons. The fourth-order valence-corrected chi connectivity index (χ4v) is 6.40. The zero-order valence-corrected chi connectivity index (χ0v) is 23.2. The zero-order valence-electron chi connectivity index (χ0n) is 23.2. The third-order valence-electron chi connectivity index (χ3n) is 8.58. The number of aliphatic hydroxyl groups is 1. The highest BCUT2D eigenvalue weighted by Crippen LogP contribution is 2.54. The van der Waals surface area contributed by atoms with Gasteiger partial charge in [-0.3, -0.25) is 14.4 Å². The van der Waals surface area contributed by atoms with Crippen molar-refractivity contribution in [3.05, 3.63) is 95.6 Å². The van der Waals surface area contributed by atoms with Crippen molar-refractivity contribution in [1.29, 1.82) is 0 Å². The molecule has 0 radical (unpaired) electrons. The topological polar surface area (TPSA) is 90.4 Å². The van der Waals surface area contributed by atoms with E-state index >= 15 is 0 Å². The van der Waals surface area contributed by atoms with E-state index in [4.69, 9.17) is 4.74 Å². The average Bonchev–Trinajstić information content (AvgIpc) is 3.42. The first kappa shape index (κ1) is 27.2. The number of hydrogen-bond acceptors (Lipinski definition) is 5. The van der Waals surface area contributed by atoms with Gasteiger partial charge in [0.25, 0.3) is 5.91 Å². The number of carbonyl (C=O) groups is 3. The van der Waals surface area contributed by atoms with Crippen molar-refractivity contribution < 1.29 is 24.2 Å². The van der Waals surface area contributed by atoms with Gasteiger partial charge in [-0.1, -0.05) is 67.6 Å². The van der Waals surface area contributed by atoms with Gasteiger partial charge in [0.15, 0.2) is 5.60 Å². The molecule has 3 amide bonds. The maximum atomic E-state index is 14.3. The summed E-state index contributed by atoms with van der Waals surface area (Å²) in [7, 11) is 0. The van der Waals surface area contributed by atoms with E-state index in [9.17, 15) is 19.5 Å². The molecule has 3 aliphatic rings. The van der Waals surface area contributed by atoms with Gasteiger partial charge in [-0.15, -0.1) is 0 Å². The molecule has 3 aliphatic heterocycles. The Labute approximate surface area is 240 Å². The first-order valence-corrected chi connectivity index (χ1v) is 14.3. The first-order valence-electron chi connectivity index (χ1n) is 14.3. The first-order chi connectivity index (χ1) is 19.9. The molecular weight excluding hydrogens is 518 g/mol. The van der Waals surface area contributed by atoms with E-state index in [0.717, 1.165) is 28.1 Å². The van der Waals surface area contributed by atoms with Crippen LogP contribution in [0, 0.1) is 5.92 Å². The number of fused-ring (bicyclic) bond motifs is 2. The van der Waals surface area contributed by atoms with E-state index in [1.165, 1.54) is 0 Å². The van der Waals surface area contributed by atoms with Gasteiger partial charge in [-0.05, 0) is 35.7 Å². The lowest BCUT2D eigenvalue weighted by Crippen LogP contribution is -2.44. The van der Waals surface area contributed by atoms with Crippen LogP contribution < -0.4 is 9.80 Å². The Balaban J connectivity index is 1.29. The fourth-order valence-electron chi connectivity index (χ4n) is 6.40. The largest absolute Gasteiger partial charge is 0.395 e. The van der Waals surface area contributed by atoms with Crippen LogP contribution in [0.2, 0.25) is 0 Å². The van der Waals surface area contributed by atoms with Crippen LogP contribution in [-0.4, -0.2) is 53.5 Å². The summed E-state index contributed by atoms with van der Waals surface area (Å²) in [4.78, 5) is 45.2. The molecule has 0 saturated carbocycles. The maximum absolute atomic E-state index is 14.3. The fraction of sp³-hybridized carbons (Fsp3) is 0.364. The number of β-lactam (4-membered cyclic amide) rings is 1. The molecular formula is C33H35N3O5. The van der Waals surface area contributed by atoms with Gasteiger partial charge < -0.3 is 24.5 Å². The summed E-state index contributed by atoms with van der Waals surface area (Å²) in [6, 6.07) is 25.3. The number of rotatable bonds is 9. The minimum atomic E-state index is -1.24. The van der Waals surface area contributed by atoms with Crippen LogP contribution in [0.25, 0.3) is 0 Å². The van der Waals surface area contributed by atoms with Crippen LogP contribution in [0.3, 0.4) is 0 Å². The number of ether oxygens (including phenoxy) is 1. The monoisotopic (exact) mass is 553 g/mol. The van der Waals surface area contributed by atoms with Crippen LogP contribution in [0.1, 0.15) is 42.9 Å². The van der Waals surface area contributed by atoms with Crippen molar-refractivity contribution in [1.82, 2.24) is 4.90 Å². The Bertz CT molecular complexity index is 1450. The minimum absolute atomic E-state index is 0.0655. The van der Waals surface area contributed by atoms with E-state index < -0.39 is 11.7 Å². The number of nitrogens with zero attached hydrogens (tertiary/aromatic N) is 3. The number of benzene rings is 3. The Morgan fingerprint density at radius 2 is 1.73 bits per heavy atom. The summed E-state index contributed by atoms with van der Waals surface area (Å²) in [6.45, 7) is 3.55. The second kappa shape index (κ2) is 11.1. The summed E-state index contributed by atoms with van der Waals surface area (Å²) in [5, 5.41) is 9.64. The van der Waals surface area contributed by atoms with Gasteiger partial charge in [-0.25, -0.2) is 0 Å². The molecule has 3 aromatic rings. The maximum Gasteiger partial charge on any atom is 0.264 e. The lowest BCUT2D eigenvalue weighted by atomic mass is 9.82. The Kier molecular flexibility index (Phi) is 7.36. The predicted octanol–water partition coefficient (Wildman–Crippen LogP) is 4.00. The molecule has 0 bridgehead atoms. The summed E-state index contributed by atoms with van der Waals surface area (Å²) in [5.74, 6) is -0.378. The molecule has 1 spiro atoms. The van der Waals surface area contributed by atoms with Crippen LogP contribution in [0.5, 0.6) is 0 Å². The Hall–Kier alpha value is -4.01. The number of carbonyl (C=O) groups excluding carboxylic acids is 3. The van der Waals surface area contributed by atoms with Gasteiger partial charge in [0.2, 0.25) is 11.8 Å². The van der Waals surface area contributed by atoms with E-state index in [-0.39, 0.29) is 43.2 Å². The quantitative estimate of drug-likeness (QED) is 0.405.